The van der Waals surface area contributed by atoms with E-state index in [0.717, 1.165) is 16.1 Å². The summed E-state index contributed by atoms with van der Waals surface area (Å²) in [5.74, 6) is -1.13. The summed E-state index contributed by atoms with van der Waals surface area (Å²) in [7, 11) is 1.58. The number of methoxy groups -OCH3 is 1. The molecule has 112 valence electrons. The van der Waals surface area contributed by atoms with Crippen molar-refractivity contribution in [2.45, 2.75) is 12.5 Å². The van der Waals surface area contributed by atoms with E-state index in [4.69, 9.17) is 10.5 Å². The first kappa shape index (κ1) is 16.4. The van der Waals surface area contributed by atoms with Crippen LogP contribution >= 0.6 is 31.9 Å². The first-order valence-corrected chi connectivity index (χ1v) is 7.74. The Morgan fingerprint density at radius 2 is 1.90 bits per heavy atom. The molecule has 1 unspecified atom stereocenters. The molecule has 0 radical (unpaired) electrons. The quantitative estimate of drug-likeness (QED) is 0.725. The lowest BCUT2D eigenvalue weighted by molar-refractivity contribution is 0.408. The molecule has 2 rings (SSSR count). The molecule has 1 atom stereocenters. The van der Waals surface area contributed by atoms with Crippen LogP contribution in [0.1, 0.15) is 17.2 Å². The minimum Gasteiger partial charge on any atom is -0.496 e. The average Bonchev–Trinajstić information content (AvgIpc) is 2.45. The summed E-state index contributed by atoms with van der Waals surface area (Å²) >= 11 is 6.45. The number of nitrogens with two attached hydrogens (primary N) is 1. The SMILES string of the molecule is COc1ccc(Br)cc1CC(N)c1ccc(F)c(F)c1Br. The zero-order valence-corrected chi connectivity index (χ0v) is 14.3. The Bertz CT molecular complexity index is 664. The topological polar surface area (TPSA) is 35.2 Å². The van der Waals surface area contributed by atoms with Gasteiger partial charge in [0.1, 0.15) is 5.75 Å². The standard InChI is InChI=1S/C15H13Br2F2NO/c1-21-13-5-2-9(16)6-8(13)7-12(20)10-3-4-11(18)15(19)14(10)17/h2-6,12H,7,20H2,1H3. The first-order valence-electron chi connectivity index (χ1n) is 6.15. The normalized spacial score (nSPS) is 12.3. The zero-order chi connectivity index (χ0) is 15.6. The highest BCUT2D eigenvalue weighted by atomic mass is 79.9. The van der Waals surface area contributed by atoms with Crippen LogP contribution < -0.4 is 10.5 Å². The van der Waals surface area contributed by atoms with Gasteiger partial charge >= 0.3 is 0 Å². The van der Waals surface area contributed by atoms with Gasteiger partial charge in [-0.1, -0.05) is 22.0 Å². The Kier molecular flexibility index (Phi) is 5.35. The van der Waals surface area contributed by atoms with E-state index in [1.54, 1.807) is 7.11 Å². The fourth-order valence-corrected chi connectivity index (χ4v) is 3.10. The number of rotatable bonds is 4. The predicted octanol–water partition coefficient (Wildman–Crippen LogP) is 4.74. The second-order valence-electron chi connectivity index (χ2n) is 4.53. The Balaban J connectivity index is 2.32. The largest absolute Gasteiger partial charge is 0.496 e. The summed E-state index contributed by atoms with van der Waals surface area (Å²) in [4.78, 5) is 0. The maximum atomic E-state index is 13.6. The lowest BCUT2D eigenvalue weighted by atomic mass is 9.99. The molecule has 0 aliphatic carbocycles. The first-order chi connectivity index (χ1) is 9.93. The van der Waals surface area contributed by atoms with E-state index in [1.807, 2.05) is 18.2 Å². The molecule has 0 spiro atoms. The summed E-state index contributed by atoms with van der Waals surface area (Å²) in [6, 6.07) is 7.66. The van der Waals surface area contributed by atoms with Crippen molar-refractivity contribution >= 4 is 31.9 Å². The van der Waals surface area contributed by atoms with Crippen molar-refractivity contribution in [2.75, 3.05) is 7.11 Å². The Labute approximate surface area is 138 Å². The summed E-state index contributed by atoms with van der Waals surface area (Å²) in [6.07, 6.45) is 0.437. The van der Waals surface area contributed by atoms with E-state index in [2.05, 4.69) is 31.9 Å². The van der Waals surface area contributed by atoms with Gasteiger partial charge in [0.25, 0.3) is 0 Å². The van der Waals surface area contributed by atoms with Crippen molar-refractivity contribution in [1.82, 2.24) is 0 Å². The monoisotopic (exact) mass is 419 g/mol. The molecule has 0 amide bonds. The molecule has 2 aromatic carbocycles. The average molecular weight is 421 g/mol. The van der Waals surface area contributed by atoms with E-state index in [9.17, 15) is 8.78 Å². The molecule has 0 bridgehead atoms. The predicted molar refractivity (Wildman–Crippen MR) is 85.4 cm³/mol. The van der Waals surface area contributed by atoms with Crippen LogP contribution in [0.15, 0.2) is 39.3 Å². The van der Waals surface area contributed by atoms with Gasteiger partial charge in [0, 0.05) is 10.5 Å². The molecular weight excluding hydrogens is 408 g/mol. The van der Waals surface area contributed by atoms with Crippen LogP contribution in [0.5, 0.6) is 5.75 Å². The van der Waals surface area contributed by atoms with Gasteiger partial charge in [0.2, 0.25) is 0 Å². The molecule has 0 saturated carbocycles. The fraction of sp³-hybridized carbons (Fsp3) is 0.200. The van der Waals surface area contributed by atoms with Gasteiger partial charge in [-0.3, -0.25) is 0 Å². The van der Waals surface area contributed by atoms with Crippen molar-refractivity contribution in [3.05, 3.63) is 62.0 Å². The number of hydrogen-bond acceptors (Lipinski definition) is 2. The number of halogens is 4. The van der Waals surface area contributed by atoms with Crippen LogP contribution in [0.3, 0.4) is 0 Å². The molecule has 6 heteroatoms. The van der Waals surface area contributed by atoms with Crippen molar-refractivity contribution in [1.29, 1.82) is 0 Å². The Morgan fingerprint density at radius 1 is 1.19 bits per heavy atom. The van der Waals surface area contributed by atoms with Gasteiger partial charge in [-0.25, -0.2) is 8.78 Å². The maximum Gasteiger partial charge on any atom is 0.173 e. The van der Waals surface area contributed by atoms with Gasteiger partial charge in [-0.15, -0.1) is 0 Å². The van der Waals surface area contributed by atoms with Crippen LogP contribution in [-0.4, -0.2) is 7.11 Å². The van der Waals surface area contributed by atoms with Crippen LogP contribution in [0.4, 0.5) is 8.78 Å². The van der Waals surface area contributed by atoms with E-state index >= 15 is 0 Å². The summed E-state index contributed by atoms with van der Waals surface area (Å²) in [6.45, 7) is 0. The van der Waals surface area contributed by atoms with Crippen LogP contribution in [0.25, 0.3) is 0 Å². The van der Waals surface area contributed by atoms with E-state index < -0.39 is 17.7 Å². The lowest BCUT2D eigenvalue weighted by Gasteiger charge is -2.17. The molecule has 0 aliphatic heterocycles. The van der Waals surface area contributed by atoms with Crippen LogP contribution in [-0.2, 0) is 6.42 Å². The molecule has 0 heterocycles. The van der Waals surface area contributed by atoms with E-state index in [0.29, 0.717) is 17.7 Å². The van der Waals surface area contributed by atoms with Crippen molar-refractivity contribution in [2.24, 2.45) is 5.73 Å². The van der Waals surface area contributed by atoms with Gasteiger partial charge in [0.15, 0.2) is 11.6 Å². The molecule has 2 nitrogen and oxygen atoms in total. The molecule has 21 heavy (non-hydrogen) atoms. The lowest BCUT2D eigenvalue weighted by Crippen LogP contribution is -2.15. The van der Waals surface area contributed by atoms with Crippen molar-refractivity contribution in [3.8, 4) is 5.75 Å². The highest BCUT2D eigenvalue weighted by molar-refractivity contribution is 9.10. The van der Waals surface area contributed by atoms with Gasteiger partial charge < -0.3 is 10.5 Å². The number of hydrogen-bond donors (Lipinski definition) is 1. The highest BCUT2D eigenvalue weighted by Gasteiger charge is 2.18. The summed E-state index contributed by atoms with van der Waals surface area (Å²) in [5.41, 5.74) is 7.53. The van der Waals surface area contributed by atoms with Crippen LogP contribution in [0.2, 0.25) is 0 Å². The third-order valence-electron chi connectivity index (χ3n) is 3.15. The van der Waals surface area contributed by atoms with Gasteiger partial charge in [-0.05, 0) is 57.7 Å². The highest BCUT2D eigenvalue weighted by Crippen LogP contribution is 2.31. The van der Waals surface area contributed by atoms with Crippen LogP contribution in [0, 0.1) is 11.6 Å². The molecule has 2 N–H and O–H groups in total. The second kappa shape index (κ2) is 6.85. The Hall–Kier alpha value is -0.980. The van der Waals surface area contributed by atoms with E-state index in [-0.39, 0.29) is 4.47 Å². The molecule has 0 fully saturated rings. The van der Waals surface area contributed by atoms with E-state index in [1.165, 1.54) is 6.07 Å². The number of benzene rings is 2. The molecule has 2 aromatic rings. The molecule has 0 aromatic heterocycles. The third kappa shape index (κ3) is 3.62. The molecule has 0 aliphatic rings. The Morgan fingerprint density at radius 3 is 2.57 bits per heavy atom. The minimum atomic E-state index is -0.927. The number of ether oxygens (including phenoxy) is 1. The molecule has 0 saturated heterocycles. The fourth-order valence-electron chi connectivity index (χ4n) is 2.08. The van der Waals surface area contributed by atoms with Gasteiger partial charge in [0.05, 0.1) is 11.6 Å². The van der Waals surface area contributed by atoms with Crippen molar-refractivity contribution < 1.29 is 13.5 Å². The summed E-state index contributed by atoms with van der Waals surface area (Å²) in [5, 5.41) is 0. The van der Waals surface area contributed by atoms with Crippen molar-refractivity contribution in [3.63, 3.8) is 0 Å². The second-order valence-corrected chi connectivity index (χ2v) is 6.24. The maximum absolute atomic E-state index is 13.6. The molecular formula is C15H13Br2F2NO. The zero-order valence-electron chi connectivity index (χ0n) is 11.2. The smallest absolute Gasteiger partial charge is 0.173 e. The minimum absolute atomic E-state index is 0.0592. The third-order valence-corrected chi connectivity index (χ3v) is 4.45. The summed E-state index contributed by atoms with van der Waals surface area (Å²) < 4.78 is 33.0. The van der Waals surface area contributed by atoms with Gasteiger partial charge in [-0.2, -0.15) is 0 Å².